The standard InChI is InChI=1S/C24H30ClN3O5S.ClH/c1-33-23(29)14-21-15-27(24(30)16-3-7-20(26)8-4-16)10-11-28(21)34(31,32)22-9-5-17-12-19(25)6-2-18(17)13-22;/h2,5-6,9,12-13,16,20-21H,3-4,7-8,10-11,14-15,26H2,1H3;1H. The van der Waals surface area contributed by atoms with Gasteiger partial charge in [-0.1, -0.05) is 23.7 Å². The van der Waals surface area contributed by atoms with Gasteiger partial charge in [0.05, 0.1) is 24.5 Å². The second kappa shape index (κ2) is 11.4. The summed E-state index contributed by atoms with van der Waals surface area (Å²) in [5, 5.41) is 2.15. The first-order valence-electron chi connectivity index (χ1n) is 11.5. The molecule has 0 radical (unpaired) electrons. The molecule has 2 fully saturated rings. The number of nitrogens with two attached hydrogens (primary N) is 1. The molecule has 2 aliphatic rings. The lowest BCUT2D eigenvalue weighted by atomic mass is 9.85. The minimum atomic E-state index is -3.91. The summed E-state index contributed by atoms with van der Waals surface area (Å²) in [5.74, 6) is -0.605. The normalized spacial score (nSPS) is 23.5. The van der Waals surface area contributed by atoms with E-state index in [1.165, 1.54) is 11.4 Å². The Bertz CT molecular complexity index is 1180. The summed E-state index contributed by atoms with van der Waals surface area (Å²) in [6, 6.07) is 9.56. The van der Waals surface area contributed by atoms with Crippen molar-refractivity contribution < 1.29 is 22.7 Å². The van der Waals surface area contributed by atoms with Crippen LogP contribution in [0.4, 0.5) is 0 Å². The summed E-state index contributed by atoms with van der Waals surface area (Å²) in [5.41, 5.74) is 5.97. The Hall–Kier alpha value is -1.91. The summed E-state index contributed by atoms with van der Waals surface area (Å²) in [7, 11) is -2.64. The molecule has 1 aliphatic carbocycles. The number of methoxy groups -OCH3 is 1. The number of esters is 1. The Labute approximate surface area is 217 Å². The van der Waals surface area contributed by atoms with Crippen molar-refractivity contribution in [2.45, 2.75) is 49.1 Å². The predicted molar refractivity (Wildman–Crippen MR) is 137 cm³/mol. The van der Waals surface area contributed by atoms with Crippen molar-refractivity contribution in [2.75, 3.05) is 26.7 Å². The van der Waals surface area contributed by atoms with Crippen molar-refractivity contribution in [3.05, 3.63) is 41.4 Å². The molecule has 1 saturated carbocycles. The zero-order valence-electron chi connectivity index (χ0n) is 19.6. The number of fused-ring (bicyclic) bond motifs is 1. The molecule has 4 rings (SSSR count). The van der Waals surface area contributed by atoms with Crippen LogP contribution in [0.1, 0.15) is 32.1 Å². The Morgan fingerprint density at radius 3 is 2.40 bits per heavy atom. The lowest BCUT2D eigenvalue weighted by Gasteiger charge is -2.41. The van der Waals surface area contributed by atoms with Gasteiger partial charge in [-0.3, -0.25) is 9.59 Å². The summed E-state index contributed by atoms with van der Waals surface area (Å²) < 4.78 is 33.4. The van der Waals surface area contributed by atoms with Crippen molar-refractivity contribution in [1.82, 2.24) is 9.21 Å². The van der Waals surface area contributed by atoms with Crippen molar-refractivity contribution in [1.29, 1.82) is 0 Å². The quantitative estimate of drug-likeness (QED) is 0.579. The van der Waals surface area contributed by atoms with Crippen LogP contribution in [0, 0.1) is 5.92 Å². The monoisotopic (exact) mass is 543 g/mol. The van der Waals surface area contributed by atoms with Crippen LogP contribution < -0.4 is 5.73 Å². The molecule has 8 nitrogen and oxygen atoms in total. The van der Waals surface area contributed by atoms with Crippen molar-refractivity contribution in [3.8, 4) is 0 Å². The van der Waals surface area contributed by atoms with Gasteiger partial charge in [-0.25, -0.2) is 8.42 Å². The molecule has 1 saturated heterocycles. The molecule has 1 atom stereocenters. The maximum absolute atomic E-state index is 13.6. The molecule has 1 heterocycles. The third kappa shape index (κ3) is 6.09. The highest BCUT2D eigenvalue weighted by Gasteiger charge is 2.40. The number of amides is 1. The minimum absolute atomic E-state index is 0. The lowest BCUT2D eigenvalue weighted by molar-refractivity contribution is -0.145. The molecule has 1 unspecified atom stereocenters. The van der Waals surface area contributed by atoms with Gasteiger partial charge in [0.25, 0.3) is 0 Å². The van der Waals surface area contributed by atoms with Gasteiger partial charge >= 0.3 is 5.97 Å². The van der Waals surface area contributed by atoms with Crippen molar-refractivity contribution in [3.63, 3.8) is 0 Å². The molecule has 1 aliphatic heterocycles. The first-order valence-corrected chi connectivity index (χ1v) is 13.3. The molecule has 2 aromatic carbocycles. The predicted octanol–water partition coefficient (Wildman–Crippen LogP) is 3.20. The highest BCUT2D eigenvalue weighted by Crippen LogP contribution is 2.30. The smallest absolute Gasteiger partial charge is 0.307 e. The van der Waals surface area contributed by atoms with E-state index in [1.54, 1.807) is 41.3 Å². The summed E-state index contributed by atoms with van der Waals surface area (Å²) in [4.78, 5) is 27.1. The second-order valence-corrected chi connectivity index (χ2v) is 11.4. The van der Waals surface area contributed by atoms with E-state index in [-0.39, 0.29) is 61.2 Å². The molecule has 192 valence electrons. The third-order valence-electron chi connectivity index (χ3n) is 6.87. The minimum Gasteiger partial charge on any atom is -0.469 e. The van der Waals surface area contributed by atoms with Gasteiger partial charge in [-0.2, -0.15) is 4.31 Å². The number of carbonyl (C=O) groups excluding carboxylic acids is 2. The number of piperazine rings is 1. The Kier molecular flexibility index (Phi) is 9.04. The first-order chi connectivity index (χ1) is 16.2. The van der Waals surface area contributed by atoms with Crippen LogP contribution in [0.5, 0.6) is 0 Å². The van der Waals surface area contributed by atoms with E-state index in [9.17, 15) is 18.0 Å². The third-order valence-corrected chi connectivity index (χ3v) is 9.05. The molecule has 35 heavy (non-hydrogen) atoms. The van der Waals surface area contributed by atoms with E-state index >= 15 is 0 Å². The maximum atomic E-state index is 13.6. The van der Waals surface area contributed by atoms with Crippen LogP contribution in [0.15, 0.2) is 41.3 Å². The average molecular weight is 545 g/mol. The van der Waals surface area contributed by atoms with Crippen LogP contribution >= 0.6 is 24.0 Å². The Balaban J connectivity index is 0.00000342. The Morgan fingerprint density at radius 2 is 1.71 bits per heavy atom. The summed E-state index contributed by atoms with van der Waals surface area (Å²) in [6.07, 6.45) is 2.97. The van der Waals surface area contributed by atoms with Gasteiger partial charge in [0.15, 0.2) is 0 Å². The van der Waals surface area contributed by atoms with Crippen LogP contribution in [0.2, 0.25) is 5.02 Å². The molecule has 0 spiro atoms. The van der Waals surface area contributed by atoms with Crippen molar-refractivity contribution in [2.24, 2.45) is 11.7 Å². The largest absolute Gasteiger partial charge is 0.469 e. The van der Waals surface area contributed by atoms with E-state index in [4.69, 9.17) is 22.1 Å². The van der Waals surface area contributed by atoms with Gasteiger partial charge in [-0.05, 0) is 60.7 Å². The van der Waals surface area contributed by atoms with Gasteiger partial charge < -0.3 is 15.4 Å². The molecule has 2 N–H and O–H groups in total. The van der Waals surface area contributed by atoms with E-state index < -0.39 is 22.0 Å². The number of benzene rings is 2. The summed E-state index contributed by atoms with van der Waals surface area (Å²) in [6.45, 7) is 0.543. The van der Waals surface area contributed by atoms with Gasteiger partial charge in [0, 0.05) is 36.6 Å². The first kappa shape index (κ1) is 27.7. The number of hydrogen-bond donors (Lipinski definition) is 1. The number of halogens is 2. The molecule has 11 heteroatoms. The number of nitrogens with zero attached hydrogens (tertiary/aromatic N) is 2. The molecule has 2 aromatic rings. The van der Waals surface area contributed by atoms with Crippen LogP contribution in [-0.2, 0) is 24.3 Å². The lowest BCUT2D eigenvalue weighted by Crippen LogP contribution is -2.58. The maximum Gasteiger partial charge on any atom is 0.307 e. The van der Waals surface area contributed by atoms with Crippen molar-refractivity contribution >= 4 is 56.7 Å². The SMILES string of the molecule is COC(=O)CC1CN(C(=O)C2CCC(N)CC2)CCN1S(=O)(=O)c1ccc2cc(Cl)ccc2c1.Cl. The second-order valence-electron chi connectivity index (χ2n) is 9.10. The number of hydrogen-bond acceptors (Lipinski definition) is 6. The van der Waals surface area contributed by atoms with Gasteiger partial charge in [-0.15, -0.1) is 12.4 Å². The zero-order valence-corrected chi connectivity index (χ0v) is 21.9. The zero-order chi connectivity index (χ0) is 24.5. The highest BCUT2D eigenvalue weighted by atomic mass is 35.5. The fourth-order valence-electron chi connectivity index (χ4n) is 4.91. The van der Waals surface area contributed by atoms with Crippen LogP contribution in [0.3, 0.4) is 0 Å². The van der Waals surface area contributed by atoms with Gasteiger partial charge in [0.2, 0.25) is 15.9 Å². The molecular weight excluding hydrogens is 513 g/mol. The van der Waals surface area contributed by atoms with Crippen LogP contribution in [-0.4, -0.2) is 68.3 Å². The highest BCUT2D eigenvalue weighted by molar-refractivity contribution is 7.89. The summed E-state index contributed by atoms with van der Waals surface area (Å²) >= 11 is 6.05. The molecule has 1 amide bonds. The van der Waals surface area contributed by atoms with Gasteiger partial charge in [0.1, 0.15) is 0 Å². The fraction of sp³-hybridized carbons (Fsp3) is 0.500. The molecular formula is C24H31Cl2N3O5S. The van der Waals surface area contributed by atoms with E-state index in [0.717, 1.165) is 36.5 Å². The van der Waals surface area contributed by atoms with Crippen LogP contribution in [0.25, 0.3) is 10.8 Å². The number of sulfonamides is 1. The average Bonchev–Trinajstić information content (AvgIpc) is 2.83. The molecule has 0 aromatic heterocycles. The topological polar surface area (TPSA) is 110 Å². The molecule has 0 bridgehead atoms. The fourth-order valence-corrected chi connectivity index (χ4v) is 6.74. The van der Waals surface area contributed by atoms with E-state index in [1.807, 2.05) is 0 Å². The number of rotatable bonds is 5. The van der Waals surface area contributed by atoms with E-state index in [0.29, 0.717) is 5.02 Å². The number of carbonyl (C=O) groups is 2. The number of ether oxygens (including phenoxy) is 1. The Morgan fingerprint density at radius 1 is 1.06 bits per heavy atom. The van der Waals surface area contributed by atoms with E-state index in [2.05, 4.69) is 0 Å².